The molecule has 1 N–H and O–H groups in total. The van der Waals surface area contributed by atoms with Gasteiger partial charge in [0.15, 0.2) is 17.4 Å². The maximum absolute atomic E-state index is 14.5. The van der Waals surface area contributed by atoms with Crippen LogP contribution in [0, 0.1) is 17.5 Å². The Balaban J connectivity index is 2.58. The van der Waals surface area contributed by atoms with Gasteiger partial charge in [-0.15, -0.1) is 0 Å². The van der Waals surface area contributed by atoms with Crippen molar-refractivity contribution in [2.24, 2.45) is 0 Å². The Bertz CT molecular complexity index is 757. The van der Waals surface area contributed by atoms with Crippen LogP contribution in [0.4, 0.5) is 13.2 Å². The second-order valence-electron chi connectivity index (χ2n) is 5.74. The highest BCUT2D eigenvalue weighted by Crippen LogP contribution is 2.30. The van der Waals surface area contributed by atoms with Gasteiger partial charge < -0.3 is 14.8 Å². The number of halogens is 3. The van der Waals surface area contributed by atoms with Crippen LogP contribution >= 0.6 is 0 Å². The largest absolute Gasteiger partial charge is 0.491 e. The minimum Gasteiger partial charge on any atom is -0.491 e. The van der Waals surface area contributed by atoms with E-state index in [0.717, 1.165) is 20.0 Å². The average molecular weight is 371 g/mol. The molecule has 1 fully saturated rings. The summed E-state index contributed by atoms with van der Waals surface area (Å²) < 4.78 is 51.3. The molecule has 2 rings (SSSR count). The first-order valence-electron chi connectivity index (χ1n) is 8.28. The van der Waals surface area contributed by atoms with Gasteiger partial charge in [-0.05, 0) is 32.3 Å². The topological polar surface area (TPSA) is 64.6 Å². The van der Waals surface area contributed by atoms with E-state index < -0.39 is 46.1 Å². The third-order valence-corrected chi connectivity index (χ3v) is 3.88. The minimum atomic E-state index is -1.55. The number of benzene rings is 1. The van der Waals surface area contributed by atoms with Gasteiger partial charge in [-0.3, -0.25) is 4.79 Å². The number of nitrogens with one attached hydrogen (secondary N) is 1. The van der Waals surface area contributed by atoms with E-state index in [1.165, 1.54) is 0 Å². The Labute approximate surface area is 149 Å². The molecule has 0 unspecified atom stereocenters. The van der Waals surface area contributed by atoms with E-state index in [1.807, 2.05) is 0 Å². The lowest BCUT2D eigenvalue weighted by Gasteiger charge is -2.15. The predicted molar refractivity (Wildman–Crippen MR) is 87.3 cm³/mol. The fourth-order valence-corrected chi connectivity index (χ4v) is 2.44. The van der Waals surface area contributed by atoms with Gasteiger partial charge in [-0.1, -0.05) is 6.92 Å². The number of allylic oxidation sites excluding steroid dienone is 1. The molecule has 1 aliphatic rings. The molecule has 1 aromatic rings. The Hall–Kier alpha value is -2.51. The second kappa shape index (κ2) is 8.25. The Morgan fingerprint density at radius 1 is 1.19 bits per heavy atom. The maximum atomic E-state index is 14.5. The van der Waals surface area contributed by atoms with Crippen molar-refractivity contribution in [3.63, 3.8) is 0 Å². The lowest BCUT2D eigenvalue weighted by Crippen LogP contribution is -2.26. The van der Waals surface area contributed by atoms with Gasteiger partial charge in [0, 0.05) is 11.7 Å². The van der Waals surface area contributed by atoms with Gasteiger partial charge in [0.05, 0.1) is 19.3 Å². The summed E-state index contributed by atoms with van der Waals surface area (Å²) in [5.74, 6) is -7.45. The number of ketones is 1. The lowest BCUT2D eigenvalue weighted by atomic mass is 9.99. The Kier molecular flexibility index (Phi) is 6.28. The van der Waals surface area contributed by atoms with Gasteiger partial charge >= 0.3 is 5.97 Å². The molecule has 0 atom stereocenters. The number of methoxy groups -OCH3 is 1. The second-order valence-corrected chi connectivity index (χ2v) is 5.74. The van der Waals surface area contributed by atoms with E-state index in [-0.39, 0.29) is 24.8 Å². The summed E-state index contributed by atoms with van der Waals surface area (Å²) in [6.07, 6.45) is 2.03. The molecule has 0 radical (unpaired) electrons. The molecule has 0 saturated heterocycles. The van der Waals surface area contributed by atoms with Crippen molar-refractivity contribution in [3.05, 3.63) is 40.4 Å². The molecule has 8 heteroatoms. The standard InChI is InChI=1S/C18H20F3NO4/c1-4-12(22-9-6-7-9)13(18(24)26-5-2)16(23)10-8-11(19)15(21)17(25-3)14(10)20/h8-9,22H,4-7H2,1-3H3. The highest BCUT2D eigenvalue weighted by molar-refractivity contribution is 6.24. The summed E-state index contributed by atoms with van der Waals surface area (Å²) >= 11 is 0. The van der Waals surface area contributed by atoms with Gasteiger partial charge in [0.25, 0.3) is 0 Å². The molecule has 1 aromatic carbocycles. The number of hydrogen-bond acceptors (Lipinski definition) is 5. The van der Waals surface area contributed by atoms with Gasteiger partial charge in [0.1, 0.15) is 5.57 Å². The van der Waals surface area contributed by atoms with Crippen LogP contribution in [0.1, 0.15) is 43.5 Å². The summed E-state index contributed by atoms with van der Waals surface area (Å²) in [5.41, 5.74) is -0.945. The van der Waals surface area contributed by atoms with E-state index in [1.54, 1.807) is 13.8 Å². The predicted octanol–water partition coefficient (Wildman–Crippen LogP) is 3.27. The normalized spacial score (nSPS) is 14.5. The first-order chi connectivity index (χ1) is 12.3. The zero-order valence-corrected chi connectivity index (χ0v) is 14.8. The number of hydrogen-bond donors (Lipinski definition) is 1. The van der Waals surface area contributed by atoms with Gasteiger partial charge in [0.2, 0.25) is 11.6 Å². The van der Waals surface area contributed by atoms with Crippen molar-refractivity contribution in [2.75, 3.05) is 13.7 Å². The van der Waals surface area contributed by atoms with Crippen molar-refractivity contribution in [1.82, 2.24) is 5.32 Å². The van der Waals surface area contributed by atoms with Gasteiger partial charge in [-0.2, -0.15) is 4.39 Å². The molecule has 1 aliphatic carbocycles. The first-order valence-corrected chi connectivity index (χ1v) is 8.28. The third kappa shape index (κ3) is 4.00. The van der Waals surface area contributed by atoms with E-state index in [2.05, 4.69) is 10.1 Å². The van der Waals surface area contributed by atoms with E-state index in [9.17, 15) is 22.8 Å². The fraction of sp³-hybridized carbons (Fsp3) is 0.444. The number of Topliss-reactive ketones (excluding diaryl/α,β-unsaturated/α-hetero) is 1. The highest BCUT2D eigenvalue weighted by atomic mass is 19.2. The van der Waals surface area contributed by atoms with Crippen molar-refractivity contribution in [1.29, 1.82) is 0 Å². The van der Waals surface area contributed by atoms with Crippen LogP contribution < -0.4 is 10.1 Å². The molecule has 0 aliphatic heterocycles. The third-order valence-electron chi connectivity index (χ3n) is 3.88. The maximum Gasteiger partial charge on any atom is 0.343 e. The minimum absolute atomic E-state index is 0.000379. The molecule has 142 valence electrons. The van der Waals surface area contributed by atoms with E-state index >= 15 is 0 Å². The number of rotatable bonds is 8. The summed E-state index contributed by atoms with van der Waals surface area (Å²) in [6, 6.07) is 0.533. The monoisotopic (exact) mass is 371 g/mol. The fourth-order valence-electron chi connectivity index (χ4n) is 2.44. The smallest absolute Gasteiger partial charge is 0.343 e. The zero-order valence-electron chi connectivity index (χ0n) is 14.8. The quantitative estimate of drug-likeness (QED) is 0.190. The van der Waals surface area contributed by atoms with E-state index in [0.29, 0.717) is 6.07 Å². The summed E-state index contributed by atoms with van der Waals surface area (Å²) in [5, 5.41) is 3.04. The van der Waals surface area contributed by atoms with Crippen LogP contribution in [0.15, 0.2) is 17.3 Å². The Morgan fingerprint density at radius 2 is 1.85 bits per heavy atom. The SMILES string of the molecule is CCOC(=O)C(C(=O)c1cc(F)c(F)c(OC)c1F)=C(CC)NC1CC1. The van der Waals surface area contributed by atoms with Crippen molar-refractivity contribution in [3.8, 4) is 5.75 Å². The van der Waals surface area contributed by atoms with Crippen molar-refractivity contribution >= 4 is 11.8 Å². The zero-order chi connectivity index (χ0) is 19.4. The molecule has 1 saturated carbocycles. The van der Waals surface area contributed by atoms with Crippen LogP contribution in [0.25, 0.3) is 0 Å². The number of carbonyl (C=O) groups excluding carboxylic acids is 2. The number of ether oxygens (including phenoxy) is 2. The first kappa shape index (κ1) is 19.8. The number of esters is 1. The number of carbonyl (C=O) groups is 2. The summed E-state index contributed by atoms with van der Waals surface area (Å²) in [7, 11) is 0.948. The molecule has 5 nitrogen and oxygen atoms in total. The van der Waals surface area contributed by atoms with Crippen LogP contribution in [-0.2, 0) is 9.53 Å². The molecule has 0 aromatic heterocycles. The molecule has 0 spiro atoms. The molecular formula is C18H20F3NO4. The van der Waals surface area contributed by atoms with Crippen LogP contribution in [0.2, 0.25) is 0 Å². The lowest BCUT2D eigenvalue weighted by molar-refractivity contribution is -0.138. The molecule has 0 heterocycles. The van der Waals surface area contributed by atoms with Crippen LogP contribution in [-0.4, -0.2) is 31.5 Å². The highest BCUT2D eigenvalue weighted by Gasteiger charge is 2.32. The summed E-state index contributed by atoms with van der Waals surface area (Å²) in [6.45, 7) is 3.26. The van der Waals surface area contributed by atoms with Gasteiger partial charge in [-0.25, -0.2) is 13.6 Å². The molecular weight excluding hydrogens is 351 g/mol. The molecule has 26 heavy (non-hydrogen) atoms. The van der Waals surface area contributed by atoms with Crippen molar-refractivity contribution < 1.29 is 32.2 Å². The van der Waals surface area contributed by atoms with Crippen molar-refractivity contribution in [2.45, 2.75) is 39.2 Å². The Morgan fingerprint density at radius 3 is 2.35 bits per heavy atom. The molecule has 0 bridgehead atoms. The van der Waals surface area contributed by atoms with Crippen LogP contribution in [0.3, 0.4) is 0 Å². The van der Waals surface area contributed by atoms with E-state index in [4.69, 9.17) is 4.74 Å². The summed E-state index contributed by atoms with van der Waals surface area (Å²) in [4.78, 5) is 25.1. The molecule has 0 amide bonds. The van der Waals surface area contributed by atoms with Crippen LogP contribution in [0.5, 0.6) is 5.75 Å². The average Bonchev–Trinajstić information content (AvgIpc) is 3.42.